The molecule has 0 aliphatic carbocycles. The van der Waals surface area contributed by atoms with Crippen molar-refractivity contribution in [3.63, 3.8) is 0 Å². The fourth-order valence-corrected chi connectivity index (χ4v) is 3.25. The summed E-state index contributed by atoms with van der Waals surface area (Å²) in [6.07, 6.45) is 6.29. The van der Waals surface area contributed by atoms with Crippen LogP contribution in [-0.2, 0) is 4.74 Å². The van der Waals surface area contributed by atoms with Crippen LogP contribution in [0, 0.1) is 5.92 Å². The number of carbonyl (C=O) groups is 1. The van der Waals surface area contributed by atoms with E-state index in [1.807, 2.05) is 0 Å². The Hall–Kier alpha value is -2.19. The number of nitrogens with zero attached hydrogens (tertiary/aromatic N) is 3. The van der Waals surface area contributed by atoms with Crippen LogP contribution in [0.1, 0.15) is 18.3 Å². The highest BCUT2D eigenvalue weighted by Crippen LogP contribution is 2.43. The maximum atomic E-state index is 12.1. The molecular weight excluding hydrogens is 274 g/mol. The number of methoxy groups -OCH3 is 1. The SMILES string of the molecule is COCC1CC(c2ncc[nH]2)[N+](C(=O)O)(c2ncc[nH]2)C1. The summed E-state index contributed by atoms with van der Waals surface area (Å²) in [6, 6.07) is -0.316. The highest BCUT2D eigenvalue weighted by atomic mass is 16.5. The molecule has 0 bridgehead atoms. The number of H-pyrrole nitrogens is 2. The molecule has 1 fully saturated rings. The van der Waals surface area contributed by atoms with Crippen LogP contribution < -0.4 is 4.48 Å². The Morgan fingerprint density at radius 3 is 2.76 bits per heavy atom. The molecule has 0 aromatic carbocycles. The molecule has 3 rings (SSSR count). The van der Waals surface area contributed by atoms with Gasteiger partial charge in [0.2, 0.25) is 0 Å². The number of amides is 1. The Morgan fingerprint density at radius 2 is 2.19 bits per heavy atom. The number of hydrogen-bond donors (Lipinski definition) is 3. The Labute approximate surface area is 121 Å². The molecule has 3 atom stereocenters. The van der Waals surface area contributed by atoms with E-state index >= 15 is 0 Å². The van der Waals surface area contributed by atoms with Gasteiger partial charge < -0.3 is 14.8 Å². The van der Waals surface area contributed by atoms with Crippen molar-refractivity contribution < 1.29 is 14.6 Å². The van der Waals surface area contributed by atoms with Crippen LogP contribution in [0.15, 0.2) is 24.8 Å². The van der Waals surface area contributed by atoms with Crippen LogP contribution in [-0.4, -0.2) is 51.4 Å². The predicted octanol–water partition coefficient (Wildman–Crippen LogP) is 1.53. The fraction of sp³-hybridized carbons (Fsp3) is 0.462. The summed E-state index contributed by atoms with van der Waals surface area (Å²) in [6.45, 7) is 0.938. The first-order valence-electron chi connectivity index (χ1n) is 6.78. The maximum Gasteiger partial charge on any atom is 0.521 e. The number of rotatable bonds is 4. The summed E-state index contributed by atoms with van der Waals surface area (Å²) in [5.41, 5.74) is 0. The van der Waals surface area contributed by atoms with Gasteiger partial charge in [-0.25, -0.2) is 4.98 Å². The second kappa shape index (κ2) is 5.30. The first kappa shape index (κ1) is 13.8. The van der Waals surface area contributed by atoms with Crippen LogP contribution in [0.3, 0.4) is 0 Å². The standard InChI is InChI=1S/C13H17N5O3/c1-21-8-9-6-10(11-14-2-3-15-11)18(7-9,13(19)20)12-16-4-5-17-12/h2-5,9-10H,6-8H2,1H3,(H2-,14,15,16,17,19,20)/p+1. The molecule has 1 amide bonds. The first-order chi connectivity index (χ1) is 10.2. The maximum absolute atomic E-state index is 12.1. The van der Waals surface area contributed by atoms with Crippen molar-refractivity contribution in [1.29, 1.82) is 0 Å². The second-order valence-corrected chi connectivity index (χ2v) is 5.29. The number of aromatic amines is 2. The number of carboxylic acid groups (broad SMARTS) is 1. The molecule has 112 valence electrons. The minimum absolute atomic E-state index is 0.131. The van der Waals surface area contributed by atoms with E-state index in [0.717, 1.165) is 0 Å². The van der Waals surface area contributed by atoms with Gasteiger partial charge >= 0.3 is 12.0 Å². The number of ether oxygens (including phenoxy) is 1. The van der Waals surface area contributed by atoms with E-state index in [1.54, 1.807) is 31.9 Å². The van der Waals surface area contributed by atoms with Crippen molar-refractivity contribution in [2.45, 2.75) is 12.5 Å². The van der Waals surface area contributed by atoms with Gasteiger partial charge in [-0.2, -0.15) is 9.78 Å². The van der Waals surface area contributed by atoms with Gasteiger partial charge in [0.15, 0.2) is 11.9 Å². The van der Waals surface area contributed by atoms with Crippen LogP contribution in [0.25, 0.3) is 0 Å². The van der Waals surface area contributed by atoms with Crippen molar-refractivity contribution in [3.05, 3.63) is 30.6 Å². The van der Waals surface area contributed by atoms with Gasteiger partial charge in [0.1, 0.15) is 6.54 Å². The number of quaternary nitrogens is 1. The zero-order chi connectivity index (χ0) is 14.9. The molecule has 1 aliphatic rings. The zero-order valence-electron chi connectivity index (χ0n) is 11.7. The molecule has 8 heteroatoms. The van der Waals surface area contributed by atoms with Crippen LogP contribution in [0.5, 0.6) is 0 Å². The highest BCUT2D eigenvalue weighted by molar-refractivity contribution is 5.79. The summed E-state index contributed by atoms with van der Waals surface area (Å²) in [7, 11) is 1.63. The van der Waals surface area contributed by atoms with Crippen molar-refractivity contribution in [2.24, 2.45) is 5.92 Å². The average Bonchev–Trinajstić information content (AvgIpc) is 3.19. The second-order valence-electron chi connectivity index (χ2n) is 5.29. The first-order valence-corrected chi connectivity index (χ1v) is 6.78. The number of likely N-dealkylation sites (tertiary alicyclic amines) is 1. The van der Waals surface area contributed by atoms with E-state index < -0.39 is 6.09 Å². The third kappa shape index (κ3) is 2.12. The molecule has 0 saturated carbocycles. The normalized spacial score (nSPS) is 28.8. The monoisotopic (exact) mass is 292 g/mol. The minimum Gasteiger partial charge on any atom is -0.435 e. The van der Waals surface area contributed by atoms with Gasteiger partial charge in [-0.05, 0) is 0 Å². The van der Waals surface area contributed by atoms with Crippen LogP contribution >= 0.6 is 0 Å². The number of aromatic nitrogens is 4. The molecule has 3 heterocycles. The molecule has 2 aromatic heterocycles. The molecule has 2 aromatic rings. The summed E-state index contributed by atoms with van der Waals surface area (Å²) >= 11 is 0. The lowest BCUT2D eigenvalue weighted by Gasteiger charge is -2.29. The Morgan fingerprint density at radius 1 is 1.43 bits per heavy atom. The van der Waals surface area contributed by atoms with Crippen molar-refractivity contribution in [3.8, 4) is 0 Å². The summed E-state index contributed by atoms with van der Waals surface area (Å²) in [5.74, 6) is 1.21. The van der Waals surface area contributed by atoms with Gasteiger partial charge in [-0.15, -0.1) is 4.48 Å². The van der Waals surface area contributed by atoms with Gasteiger partial charge in [0, 0.05) is 38.0 Å². The Bertz CT molecular complexity index is 597. The molecule has 1 saturated heterocycles. The molecule has 3 unspecified atom stereocenters. The minimum atomic E-state index is -0.940. The summed E-state index contributed by atoms with van der Waals surface area (Å²) in [4.78, 5) is 26.6. The van der Waals surface area contributed by atoms with E-state index in [1.165, 1.54) is 0 Å². The Kier molecular flexibility index (Phi) is 3.48. The lowest BCUT2D eigenvalue weighted by molar-refractivity contribution is 0.129. The third-order valence-corrected chi connectivity index (χ3v) is 4.08. The number of imidazole rings is 2. The largest absolute Gasteiger partial charge is 0.521 e. The number of hydrogen-bond acceptors (Lipinski definition) is 4. The van der Waals surface area contributed by atoms with E-state index in [-0.39, 0.29) is 16.4 Å². The van der Waals surface area contributed by atoms with Crippen molar-refractivity contribution >= 4 is 12.0 Å². The summed E-state index contributed by atoms with van der Waals surface area (Å²) in [5, 5.41) is 9.92. The van der Waals surface area contributed by atoms with Gasteiger partial charge in [0.05, 0.1) is 12.8 Å². The number of nitrogens with one attached hydrogen (secondary N) is 2. The zero-order valence-corrected chi connectivity index (χ0v) is 11.7. The molecule has 8 nitrogen and oxygen atoms in total. The van der Waals surface area contributed by atoms with Gasteiger partial charge in [0.25, 0.3) is 0 Å². The van der Waals surface area contributed by atoms with Crippen LogP contribution in [0.4, 0.5) is 10.7 Å². The topological polar surface area (TPSA) is 104 Å². The summed E-state index contributed by atoms with van der Waals surface area (Å²) < 4.78 is 4.93. The molecule has 0 spiro atoms. The van der Waals surface area contributed by atoms with E-state index in [4.69, 9.17) is 4.74 Å². The van der Waals surface area contributed by atoms with Gasteiger partial charge in [-0.3, -0.25) is 4.98 Å². The Balaban J connectivity index is 2.07. The quantitative estimate of drug-likeness (QED) is 0.741. The third-order valence-electron chi connectivity index (χ3n) is 4.08. The fourth-order valence-electron chi connectivity index (χ4n) is 3.25. The van der Waals surface area contributed by atoms with Crippen LogP contribution in [0.2, 0.25) is 0 Å². The molecule has 1 aliphatic heterocycles. The van der Waals surface area contributed by atoms with Gasteiger partial charge in [-0.1, -0.05) is 0 Å². The molecule has 21 heavy (non-hydrogen) atoms. The van der Waals surface area contributed by atoms with E-state index in [2.05, 4.69) is 19.9 Å². The van der Waals surface area contributed by atoms with Crippen molar-refractivity contribution in [1.82, 2.24) is 24.4 Å². The van der Waals surface area contributed by atoms with Crippen molar-refractivity contribution in [2.75, 3.05) is 20.3 Å². The lowest BCUT2D eigenvalue weighted by Crippen LogP contribution is -2.54. The van der Waals surface area contributed by atoms with E-state index in [0.29, 0.717) is 31.3 Å². The smallest absolute Gasteiger partial charge is 0.435 e. The lowest BCUT2D eigenvalue weighted by atomic mass is 10.1. The molecule has 3 N–H and O–H groups in total. The average molecular weight is 292 g/mol. The molecule has 0 radical (unpaired) electrons. The predicted molar refractivity (Wildman–Crippen MR) is 74.6 cm³/mol. The van der Waals surface area contributed by atoms with E-state index in [9.17, 15) is 9.90 Å². The molecular formula is C13H18N5O3+. The highest BCUT2D eigenvalue weighted by Gasteiger charge is 2.58.